The van der Waals surface area contributed by atoms with Crippen molar-refractivity contribution in [3.8, 4) is 33.4 Å². The number of rotatable bonds is 13. The van der Waals surface area contributed by atoms with Gasteiger partial charge in [0.05, 0.1) is 5.70 Å². The van der Waals surface area contributed by atoms with Crippen molar-refractivity contribution in [2.24, 2.45) is 15.4 Å². The highest BCUT2D eigenvalue weighted by Crippen LogP contribution is 2.62. The van der Waals surface area contributed by atoms with Crippen molar-refractivity contribution in [1.82, 2.24) is 0 Å². The van der Waals surface area contributed by atoms with Crippen molar-refractivity contribution >= 4 is 11.5 Å². The molecule has 5 aromatic rings. The van der Waals surface area contributed by atoms with Gasteiger partial charge in [0.2, 0.25) is 0 Å². The molecule has 1 aliphatic rings. The first-order valence-corrected chi connectivity index (χ1v) is 22.2. The first-order chi connectivity index (χ1) is 29.9. The molecule has 0 spiro atoms. The fraction of sp³-hybridized carbons (Fsp3) is 0.246. The first kappa shape index (κ1) is 46.1. The summed E-state index contributed by atoms with van der Waals surface area (Å²) in [7, 11) is 0. The molecule has 0 fully saturated rings. The molecule has 0 saturated heterocycles. The molecule has 0 aliphatic heterocycles. The molecule has 2 heteroatoms. The zero-order chi connectivity index (χ0) is 45.9. The average molecular weight is 827 g/mol. The van der Waals surface area contributed by atoms with E-state index in [1.54, 1.807) is 12.2 Å². The molecule has 2 nitrogen and oxygen atoms in total. The number of benzene rings is 5. The summed E-state index contributed by atoms with van der Waals surface area (Å²) >= 11 is 0. The lowest BCUT2D eigenvalue weighted by Gasteiger charge is -2.44. The van der Waals surface area contributed by atoms with Crippen molar-refractivity contribution in [2.75, 3.05) is 0 Å². The molecule has 63 heavy (non-hydrogen) atoms. The molecule has 6 rings (SSSR count). The fourth-order valence-corrected chi connectivity index (χ4v) is 9.21. The van der Waals surface area contributed by atoms with Crippen LogP contribution in [0.25, 0.3) is 33.4 Å². The Labute approximate surface area is 379 Å². The standard InChI is InChI=1S/C61H66N2/c1-16-23-45(24-17-2)35-50-32-33-51(58(62-43(8)46(19-4)25-18-3)63-44(9)47-26-21-20-22-27-47)38-55(50)53-37-49(31-29-41(53)6)48-30-28-40(5)52(36-48)54-39-57-56(34-42(54)7)59(10,11)61(14,15)60(57,12)13/h16-34,36-39H,1,3-4,8,35H2,2,5-7,9-15H3/b24-17-,45-23+,46-25+,62-58?,63-44?. The summed E-state index contributed by atoms with van der Waals surface area (Å²) in [6.07, 6.45) is 14.3. The Kier molecular flexibility index (Phi) is 13.6. The Morgan fingerprint density at radius 1 is 0.603 bits per heavy atom. The van der Waals surface area contributed by atoms with Gasteiger partial charge < -0.3 is 0 Å². The quantitative estimate of drug-likeness (QED) is 0.0642. The minimum atomic E-state index is 0.0190. The lowest BCUT2D eigenvalue weighted by Crippen LogP contribution is -2.42. The molecule has 0 saturated carbocycles. The molecule has 0 heterocycles. The lowest BCUT2D eigenvalue weighted by molar-refractivity contribution is 0.125. The van der Waals surface area contributed by atoms with Gasteiger partial charge in [-0.2, -0.15) is 0 Å². The summed E-state index contributed by atoms with van der Waals surface area (Å²) in [5, 5.41) is 0. The molecular weight excluding hydrogens is 761 g/mol. The van der Waals surface area contributed by atoms with Gasteiger partial charge in [0.15, 0.2) is 5.84 Å². The second-order valence-electron chi connectivity index (χ2n) is 18.7. The van der Waals surface area contributed by atoms with Crippen LogP contribution in [0.5, 0.6) is 0 Å². The van der Waals surface area contributed by atoms with Gasteiger partial charge in [0, 0.05) is 11.3 Å². The van der Waals surface area contributed by atoms with E-state index >= 15 is 0 Å². The van der Waals surface area contributed by atoms with E-state index < -0.39 is 0 Å². The normalized spacial score (nSPS) is 15.9. The number of nitrogens with zero attached hydrogens (tertiary/aromatic N) is 2. The van der Waals surface area contributed by atoms with E-state index in [9.17, 15) is 0 Å². The minimum Gasteiger partial charge on any atom is -0.233 e. The summed E-state index contributed by atoms with van der Waals surface area (Å²) in [4.78, 5) is 10.3. The summed E-state index contributed by atoms with van der Waals surface area (Å²) in [6, 6.07) is 35.6. The van der Waals surface area contributed by atoms with Crippen LogP contribution in [-0.2, 0) is 17.3 Å². The maximum absolute atomic E-state index is 5.19. The van der Waals surface area contributed by atoms with Crippen LogP contribution in [0.4, 0.5) is 0 Å². The third-order valence-corrected chi connectivity index (χ3v) is 14.3. The van der Waals surface area contributed by atoms with E-state index in [4.69, 9.17) is 9.98 Å². The van der Waals surface area contributed by atoms with Crippen molar-refractivity contribution in [1.29, 1.82) is 0 Å². The van der Waals surface area contributed by atoms with Crippen LogP contribution in [-0.4, -0.2) is 11.5 Å². The molecule has 0 radical (unpaired) electrons. The van der Waals surface area contributed by atoms with Crippen LogP contribution in [0.3, 0.4) is 0 Å². The first-order valence-electron chi connectivity index (χ1n) is 22.2. The Morgan fingerprint density at radius 3 is 1.75 bits per heavy atom. The summed E-state index contributed by atoms with van der Waals surface area (Å²) in [5.41, 5.74) is 20.6. The number of aliphatic imine (C=N–C) groups is 2. The maximum Gasteiger partial charge on any atom is 0.160 e. The summed E-state index contributed by atoms with van der Waals surface area (Å²) in [5.74, 6) is 0.568. The van der Waals surface area contributed by atoms with Gasteiger partial charge in [0.1, 0.15) is 0 Å². The van der Waals surface area contributed by atoms with Crippen molar-refractivity contribution in [3.05, 3.63) is 227 Å². The van der Waals surface area contributed by atoms with Crippen molar-refractivity contribution in [2.45, 2.75) is 93.4 Å². The number of allylic oxidation sites excluding steroid dienone is 8. The number of aryl methyl sites for hydroxylation is 3. The molecule has 320 valence electrons. The third-order valence-electron chi connectivity index (χ3n) is 14.3. The van der Waals surface area contributed by atoms with Crippen LogP contribution in [0.15, 0.2) is 193 Å². The molecule has 0 aromatic heterocycles. The SMILES string of the molecule is C=C/C=C(\C=C/C)Cc1ccc(C(N=C(C)c2ccccc2)=NC(=C)/C(C=C)=C/C=C)cc1-c1cc(-c2ccc(C)c(-c3cc4c(cc3C)C(C)(C)C(C)(C)C4(C)C)c2)ccc1C. The predicted octanol–water partition coefficient (Wildman–Crippen LogP) is 16.5. The minimum absolute atomic E-state index is 0.0190. The van der Waals surface area contributed by atoms with Crippen LogP contribution in [0.2, 0.25) is 0 Å². The fourth-order valence-electron chi connectivity index (χ4n) is 9.21. The van der Waals surface area contributed by atoms with Crippen molar-refractivity contribution in [3.63, 3.8) is 0 Å². The molecule has 0 unspecified atom stereocenters. The van der Waals surface area contributed by atoms with E-state index in [0.29, 0.717) is 11.5 Å². The van der Waals surface area contributed by atoms with Crippen LogP contribution in [0.1, 0.15) is 99.9 Å². The zero-order valence-electron chi connectivity index (χ0n) is 39.7. The van der Waals surface area contributed by atoms with Gasteiger partial charge in [-0.15, -0.1) is 0 Å². The Morgan fingerprint density at radius 2 is 1.17 bits per heavy atom. The highest BCUT2D eigenvalue weighted by atomic mass is 14.9. The molecule has 1 aliphatic carbocycles. The van der Waals surface area contributed by atoms with Gasteiger partial charge >= 0.3 is 0 Å². The summed E-state index contributed by atoms with van der Waals surface area (Å²) < 4.78 is 0. The molecule has 0 N–H and O–H groups in total. The average Bonchev–Trinajstić information content (AvgIpc) is 3.35. The molecule has 5 aromatic carbocycles. The van der Waals surface area contributed by atoms with E-state index in [1.165, 1.54) is 55.6 Å². The topological polar surface area (TPSA) is 24.7 Å². The smallest absolute Gasteiger partial charge is 0.160 e. The second-order valence-corrected chi connectivity index (χ2v) is 18.7. The van der Waals surface area contributed by atoms with Gasteiger partial charge in [0.25, 0.3) is 0 Å². The van der Waals surface area contributed by atoms with Gasteiger partial charge in [-0.05, 0) is 159 Å². The van der Waals surface area contributed by atoms with E-state index in [2.05, 4.69) is 193 Å². The van der Waals surface area contributed by atoms with Crippen LogP contribution in [0, 0.1) is 26.2 Å². The van der Waals surface area contributed by atoms with E-state index in [1.807, 2.05) is 37.3 Å². The number of amidine groups is 1. The monoisotopic (exact) mass is 827 g/mol. The Bertz CT molecular complexity index is 2770. The molecular formula is C61H66N2. The number of fused-ring (bicyclic) bond motifs is 1. The molecule has 0 amide bonds. The predicted molar refractivity (Wildman–Crippen MR) is 276 cm³/mol. The van der Waals surface area contributed by atoms with Gasteiger partial charge in [-0.25, -0.2) is 9.98 Å². The Balaban J connectivity index is 1.55. The van der Waals surface area contributed by atoms with Gasteiger partial charge in [-0.1, -0.05) is 189 Å². The van der Waals surface area contributed by atoms with Gasteiger partial charge in [-0.3, -0.25) is 0 Å². The van der Waals surface area contributed by atoms with Crippen LogP contribution >= 0.6 is 0 Å². The van der Waals surface area contributed by atoms with Crippen LogP contribution < -0.4 is 0 Å². The lowest BCUT2D eigenvalue weighted by atomic mass is 9.59. The largest absolute Gasteiger partial charge is 0.233 e. The zero-order valence-corrected chi connectivity index (χ0v) is 39.7. The highest BCUT2D eigenvalue weighted by Gasteiger charge is 2.56. The second kappa shape index (κ2) is 18.5. The molecule has 0 bridgehead atoms. The number of hydrogen-bond donors (Lipinski definition) is 0. The maximum atomic E-state index is 5.19. The Hall–Kier alpha value is -6.38. The third kappa shape index (κ3) is 8.96. The number of hydrogen-bond acceptors (Lipinski definition) is 1. The molecule has 0 atom stereocenters. The van der Waals surface area contributed by atoms with Crippen molar-refractivity contribution < 1.29 is 0 Å². The van der Waals surface area contributed by atoms with E-state index in [0.717, 1.165) is 45.5 Å². The van der Waals surface area contributed by atoms with E-state index in [-0.39, 0.29) is 16.2 Å². The summed E-state index contributed by atoms with van der Waals surface area (Å²) in [6.45, 7) is 41.6. The highest BCUT2D eigenvalue weighted by molar-refractivity contribution is 6.12.